The molecule has 0 bridgehead atoms. The van der Waals surface area contributed by atoms with Crippen LogP contribution in [0.25, 0.3) is 0 Å². The first kappa shape index (κ1) is 34.6. The van der Waals surface area contributed by atoms with Gasteiger partial charge in [0.15, 0.2) is 16.6 Å². The smallest absolute Gasteiger partial charge is 0.317 e. The van der Waals surface area contributed by atoms with E-state index in [2.05, 4.69) is 72.4 Å². The van der Waals surface area contributed by atoms with E-state index in [1.54, 1.807) is 0 Å². The lowest BCUT2D eigenvalue weighted by molar-refractivity contribution is -0.135. The first-order valence-electron chi connectivity index (χ1n) is 13.0. The SMILES string of the molecule is CCCC[Si](C)(O[Si](C)(C)O[Si](C)(C)C)O[Si](C)(CCCCC(=O)O[Si](C)(C)C)O[Si](C)(C)C. The average molecular weight is 585 g/mol. The summed E-state index contributed by atoms with van der Waals surface area (Å²) in [6.45, 7) is 30.4. The van der Waals surface area contributed by atoms with Crippen molar-refractivity contribution in [1.29, 1.82) is 0 Å². The Morgan fingerprint density at radius 2 is 1.03 bits per heavy atom. The van der Waals surface area contributed by atoms with E-state index in [9.17, 15) is 4.79 Å². The Hall–Kier alpha value is 0.611. The lowest BCUT2D eigenvalue weighted by Crippen LogP contribution is -2.60. The zero-order valence-corrected chi connectivity index (χ0v) is 30.9. The molecule has 0 spiro atoms. The fourth-order valence-corrected chi connectivity index (χ4v) is 29.1. The van der Waals surface area contributed by atoms with E-state index < -0.39 is 50.6 Å². The Balaban J connectivity index is 5.53. The van der Waals surface area contributed by atoms with Crippen molar-refractivity contribution in [3.63, 3.8) is 0 Å². The Labute approximate surface area is 218 Å². The number of rotatable bonds is 17. The van der Waals surface area contributed by atoms with Crippen molar-refractivity contribution in [2.24, 2.45) is 0 Å². The Kier molecular flexibility index (Phi) is 13.7. The van der Waals surface area contributed by atoms with Crippen molar-refractivity contribution < 1.29 is 25.7 Å². The fraction of sp³-hybridized carbons (Fsp3) is 0.955. The van der Waals surface area contributed by atoms with Gasteiger partial charge in [-0.1, -0.05) is 26.2 Å². The molecule has 2 unspecified atom stereocenters. The third kappa shape index (κ3) is 17.9. The lowest BCUT2D eigenvalue weighted by atomic mass is 10.2. The highest BCUT2D eigenvalue weighted by molar-refractivity contribution is 6.90. The van der Waals surface area contributed by atoms with E-state index in [4.69, 9.17) is 20.9 Å². The molecule has 0 heterocycles. The van der Waals surface area contributed by atoms with E-state index in [1.165, 1.54) is 0 Å². The Morgan fingerprint density at radius 3 is 1.47 bits per heavy atom. The summed E-state index contributed by atoms with van der Waals surface area (Å²) in [6.07, 6.45) is 4.36. The maximum atomic E-state index is 12.2. The molecule has 0 saturated heterocycles. The predicted octanol–water partition coefficient (Wildman–Crippen LogP) is 7.92. The zero-order valence-electron chi connectivity index (χ0n) is 24.9. The highest BCUT2D eigenvalue weighted by atomic mass is 28.5. The molecule has 0 aliphatic carbocycles. The monoisotopic (exact) mass is 584 g/mol. The maximum absolute atomic E-state index is 12.2. The van der Waals surface area contributed by atoms with Gasteiger partial charge in [-0.15, -0.1) is 0 Å². The van der Waals surface area contributed by atoms with Gasteiger partial charge in [-0.05, 0) is 104 Å². The standard InChI is InChI=1S/C22H56O6Si6/c1-15-16-20-34(14,27-32(11,12)25-30(5,6)7)28-33(13,26-31(8,9)10)21-18-17-19-22(23)24-29(2,3)4/h15-21H2,1-14H3. The van der Waals surface area contributed by atoms with Crippen molar-refractivity contribution in [2.75, 3.05) is 0 Å². The van der Waals surface area contributed by atoms with Gasteiger partial charge in [-0.25, -0.2) is 0 Å². The molecule has 0 rings (SSSR count). The third-order valence-corrected chi connectivity index (χ3v) is 23.7. The molecule has 0 aliphatic heterocycles. The zero-order chi connectivity index (χ0) is 27.1. The third-order valence-electron chi connectivity index (χ3n) is 4.63. The lowest BCUT2D eigenvalue weighted by Gasteiger charge is -2.44. The van der Waals surface area contributed by atoms with Gasteiger partial charge in [0.2, 0.25) is 8.32 Å². The van der Waals surface area contributed by atoms with Crippen molar-refractivity contribution in [1.82, 2.24) is 0 Å². The van der Waals surface area contributed by atoms with Crippen LogP contribution < -0.4 is 0 Å². The van der Waals surface area contributed by atoms with Gasteiger partial charge in [-0.2, -0.15) is 0 Å². The van der Waals surface area contributed by atoms with Crippen molar-refractivity contribution in [3.05, 3.63) is 0 Å². The molecule has 6 nitrogen and oxygen atoms in total. The summed E-state index contributed by atoms with van der Waals surface area (Å²) in [6, 6.07) is 1.82. The Bertz CT molecular complexity index is 629. The molecule has 34 heavy (non-hydrogen) atoms. The normalized spacial score (nSPS) is 17.2. The van der Waals surface area contributed by atoms with E-state index in [-0.39, 0.29) is 5.97 Å². The van der Waals surface area contributed by atoms with Crippen molar-refractivity contribution in [2.45, 2.75) is 136 Å². The highest BCUT2D eigenvalue weighted by Gasteiger charge is 2.48. The molecule has 0 radical (unpaired) electrons. The van der Waals surface area contributed by atoms with Crippen molar-refractivity contribution >= 4 is 56.6 Å². The second kappa shape index (κ2) is 13.4. The quantitative estimate of drug-likeness (QED) is 0.128. The van der Waals surface area contributed by atoms with Crippen molar-refractivity contribution in [3.8, 4) is 0 Å². The van der Waals surface area contributed by atoms with Crippen LogP contribution in [-0.2, 0) is 25.7 Å². The molecule has 0 aromatic rings. The molecule has 0 N–H and O–H groups in total. The summed E-state index contributed by atoms with van der Waals surface area (Å²) < 4.78 is 32.9. The van der Waals surface area contributed by atoms with Crippen LogP contribution in [0.4, 0.5) is 0 Å². The number of carbonyl (C=O) groups excluding carboxylic acids is 1. The van der Waals surface area contributed by atoms with Crippen LogP contribution in [0.15, 0.2) is 0 Å². The number of hydrogen-bond donors (Lipinski definition) is 0. The highest BCUT2D eigenvalue weighted by Crippen LogP contribution is 2.32. The van der Waals surface area contributed by atoms with E-state index in [1.807, 2.05) is 19.6 Å². The largest absolute Gasteiger partial charge is 0.520 e. The summed E-state index contributed by atoms with van der Waals surface area (Å²) in [4.78, 5) is 12.2. The van der Waals surface area contributed by atoms with Gasteiger partial charge < -0.3 is 20.9 Å². The summed E-state index contributed by atoms with van der Waals surface area (Å²) >= 11 is 0. The number of carbonyl (C=O) groups is 1. The van der Waals surface area contributed by atoms with Crippen LogP contribution in [0.3, 0.4) is 0 Å². The molecule has 12 heteroatoms. The predicted molar refractivity (Wildman–Crippen MR) is 160 cm³/mol. The summed E-state index contributed by atoms with van der Waals surface area (Å²) in [5.74, 6) is -0.0729. The van der Waals surface area contributed by atoms with Gasteiger partial charge in [0, 0.05) is 6.42 Å². The molecular formula is C22H56O6Si6. The van der Waals surface area contributed by atoms with Crippen LogP contribution in [0.2, 0.25) is 97.2 Å². The first-order valence-corrected chi connectivity index (χ1v) is 31.1. The number of hydrogen-bond acceptors (Lipinski definition) is 6. The van der Waals surface area contributed by atoms with Crippen LogP contribution in [-0.4, -0.2) is 56.6 Å². The number of unbranched alkanes of at least 4 members (excludes halogenated alkanes) is 2. The molecule has 204 valence electrons. The molecule has 0 amide bonds. The van der Waals surface area contributed by atoms with E-state index >= 15 is 0 Å². The minimum Gasteiger partial charge on any atom is -0.520 e. The van der Waals surface area contributed by atoms with Crippen LogP contribution in [0, 0.1) is 0 Å². The molecule has 0 fully saturated rings. The molecule has 0 aromatic heterocycles. The summed E-state index contributed by atoms with van der Waals surface area (Å²) in [5, 5.41) is 0. The van der Waals surface area contributed by atoms with Gasteiger partial charge in [0.1, 0.15) is 0 Å². The molecule has 0 aromatic carbocycles. The fourth-order valence-electron chi connectivity index (χ4n) is 4.23. The van der Waals surface area contributed by atoms with Crippen LogP contribution >= 0.6 is 0 Å². The molecule has 0 aliphatic rings. The van der Waals surface area contributed by atoms with E-state index in [0.717, 1.165) is 37.8 Å². The second-order valence-corrected chi connectivity index (χ2v) is 37.7. The van der Waals surface area contributed by atoms with Crippen LogP contribution in [0.5, 0.6) is 0 Å². The van der Waals surface area contributed by atoms with Crippen LogP contribution in [0.1, 0.15) is 39.0 Å². The minimum atomic E-state index is -2.52. The van der Waals surface area contributed by atoms with Gasteiger partial charge in [-0.3, -0.25) is 4.79 Å². The first-order chi connectivity index (χ1) is 15.0. The summed E-state index contributed by atoms with van der Waals surface area (Å²) in [5.41, 5.74) is 0. The minimum absolute atomic E-state index is 0.0729. The average Bonchev–Trinajstić information content (AvgIpc) is 2.50. The maximum Gasteiger partial charge on any atom is 0.317 e. The Morgan fingerprint density at radius 1 is 0.559 bits per heavy atom. The topological polar surface area (TPSA) is 63.2 Å². The molecule has 2 atom stereocenters. The van der Waals surface area contributed by atoms with E-state index in [0.29, 0.717) is 6.42 Å². The van der Waals surface area contributed by atoms with Gasteiger partial charge >= 0.3 is 25.7 Å². The van der Waals surface area contributed by atoms with Gasteiger partial charge in [0.05, 0.1) is 0 Å². The molecule has 0 saturated carbocycles. The molecular weight excluding hydrogens is 529 g/mol. The summed E-state index contributed by atoms with van der Waals surface area (Å²) in [7, 11) is -12.8. The van der Waals surface area contributed by atoms with Gasteiger partial charge in [0.25, 0.3) is 5.97 Å². The second-order valence-electron chi connectivity index (χ2n) is 13.2.